The predicted molar refractivity (Wildman–Crippen MR) is 228 cm³/mol. The Balaban J connectivity index is 0.00000261. The standard InChI is InChI=1S/C34H49N5O5S.C4H9N.C3H8.C2H6/c1-6-7-17-26(28(41)22-40)35-30(42)27-18-14-21-39(27)31(43)29(33(2,3)4)36-32(44)37-34(19-12-9-13-20-34)24-38(5)45-23-25-15-10-8-11-16-25;1-3-4-5-2;1-3-2;1-2/h1,8,10-11,15-16,22,26-27,29H,7,9,12-14,17-21,23-24H2,2-5H3,(H,35,42)(H2,36,37,44);3,5H,1,4H2,2H3;3H2,1-2H3;1-2H3. The van der Waals surface area contributed by atoms with Gasteiger partial charge in [0.15, 0.2) is 6.29 Å². The minimum absolute atomic E-state index is 0.133. The number of hydrogen-bond acceptors (Lipinski definition) is 8. The van der Waals surface area contributed by atoms with E-state index in [1.54, 1.807) is 11.9 Å². The lowest BCUT2D eigenvalue weighted by molar-refractivity contribution is -0.142. The number of Topliss-reactive ketones (excluding diaryl/α,β-unsaturated/α-hetero) is 1. The summed E-state index contributed by atoms with van der Waals surface area (Å²) in [6.45, 7) is 19.3. The van der Waals surface area contributed by atoms with E-state index in [-0.39, 0.29) is 25.0 Å². The van der Waals surface area contributed by atoms with Gasteiger partial charge in [-0.15, -0.1) is 18.9 Å². The maximum atomic E-state index is 14.0. The highest BCUT2D eigenvalue weighted by Crippen LogP contribution is 2.32. The minimum Gasteiger partial charge on any atom is -0.344 e. The summed E-state index contributed by atoms with van der Waals surface area (Å²) in [6.07, 6.45) is 14.8. The SMILES string of the molecule is C#CCCC(NC(=O)C1CCCN1C(=O)C(NC(=O)NC1(CN(C)SCc2ccccc2)CCCCC1)C(C)(C)C)C(=O)C=O.C=CCNC.CC.CCC. The van der Waals surface area contributed by atoms with Crippen LogP contribution in [0.5, 0.6) is 0 Å². The summed E-state index contributed by atoms with van der Waals surface area (Å²) in [6, 6.07) is 7.10. The largest absolute Gasteiger partial charge is 0.344 e. The van der Waals surface area contributed by atoms with E-state index in [2.05, 4.69) is 64.1 Å². The third kappa shape index (κ3) is 19.7. The molecule has 1 aliphatic carbocycles. The summed E-state index contributed by atoms with van der Waals surface area (Å²) in [5, 5.41) is 11.8. The molecule has 0 aromatic heterocycles. The summed E-state index contributed by atoms with van der Waals surface area (Å²) >= 11 is 1.72. The molecule has 1 aliphatic heterocycles. The second-order valence-electron chi connectivity index (χ2n) is 14.9. The molecule has 3 rings (SSSR count). The Morgan fingerprint density at radius 1 is 1.07 bits per heavy atom. The number of urea groups is 1. The maximum Gasteiger partial charge on any atom is 0.315 e. The molecule has 12 heteroatoms. The topological polar surface area (TPSA) is 140 Å². The van der Waals surface area contributed by atoms with Crippen molar-refractivity contribution in [2.75, 3.05) is 33.7 Å². The molecule has 2 aliphatic rings. The number of ketones is 1. The van der Waals surface area contributed by atoms with Crippen LogP contribution in [0.4, 0.5) is 4.79 Å². The number of nitrogens with one attached hydrogen (secondary N) is 4. The number of amides is 4. The summed E-state index contributed by atoms with van der Waals surface area (Å²) in [7, 11) is 3.94. The van der Waals surface area contributed by atoms with Crippen LogP contribution in [0.2, 0.25) is 0 Å². The number of likely N-dealkylation sites (tertiary alicyclic amines) is 1. The number of hydrogen-bond donors (Lipinski definition) is 4. The van der Waals surface area contributed by atoms with Crippen molar-refractivity contribution in [1.29, 1.82) is 0 Å². The Kier molecular flexibility index (Phi) is 26.8. The number of terminal acetylenes is 1. The molecule has 1 heterocycles. The van der Waals surface area contributed by atoms with Gasteiger partial charge in [-0.25, -0.2) is 4.79 Å². The molecule has 310 valence electrons. The van der Waals surface area contributed by atoms with Crippen molar-refractivity contribution in [2.45, 2.75) is 142 Å². The zero-order chi connectivity index (χ0) is 41.9. The Labute approximate surface area is 337 Å². The first-order chi connectivity index (χ1) is 26.2. The van der Waals surface area contributed by atoms with E-state index in [1.807, 2.05) is 73.0 Å². The van der Waals surface area contributed by atoms with E-state index >= 15 is 0 Å². The van der Waals surface area contributed by atoms with E-state index in [0.29, 0.717) is 25.9 Å². The van der Waals surface area contributed by atoms with Crippen LogP contribution in [0.15, 0.2) is 43.0 Å². The van der Waals surface area contributed by atoms with Crippen LogP contribution in [0.1, 0.15) is 118 Å². The third-order valence-electron chi connectivity index (χ3n) is 8.94. The number of likely N-dealkylation sites (N-methyl/N-ethyl adjacent to an activating group) is 2. The minimum atomic E-state index is -1.04. The molecule has 0 bridgehead atoms. The van der Waals surface area contributed by atoms with Gasteiger partial charge in [0.25, 0.3) is 0 Å². The van der Waals surface area contributed by atoms with Crippen molar-refractivity contribution in [3.63, 3.8) is 0 Å². The third-order valence-corrected chi connectivity index (χ3v) is 9.97. The quantitative estimate of drug-likeness (QED) is 0.0479. The van der Waals surface area contributed by atoms with Gasteiger partial charge < -0.3 is 26.2 Å². The Hall–Kier alpha value is -3.66. The molecule has 55 heavy (non-hydrogen) atoms. The van der Waals surface area contributed by atoms with Gasteiger partial charge in [0.05, 0.1) is 11.6 Å². The summed E-state index contributed by atoms with van der Waals surface area (Å²) in [5.74, 6) is 1.62. The molecule has 3 unspecified atom stereocenters. The first-order valence-corrected chi connectivity index (χ1v) is 20.9. The van der Waals surface area contributed by atoms with E-state index in [9.17, 15) is 24.0 Å². The van der Waals surface area contributed by atoms with Crippen molar-refractivity contribution in [3.8, 4) is 12.3 Å². The first kappa shape index (κ1) is 51.3. The molecule has 1 saturated heterocycles. The lowest BCUT2D eigenvalue weighted by atomic mass is 9.81. The number of nitrogens with zero attached hydrogens (tertiary/aromatic N) is 2. The molecule has 2 fully saturated rings. The fourth-order valence-electron chi connectivity index (χ4n) is 6.32. The Bertz CT molecular complexity index is 1320. The van der Waals surface area contributed by atoms with Crippen LogP contribution in [0, 0.1) is 17.8 Å². The van der Waals surface area contributed by atoms with E-state index in [4.69, 9.17) is 6.42 Å². The van der Waals surface area contributed by atoms with E-state index in [0.717, 1.165) is 44.4 Å². The summed E-state index contributed by atoms with van der Waals surface area (Å²) < 4.78 is 2.19. The number of benzene rings is 1. The normalized spacial score (nSPS) is 16.8. The molecular weight excluding hydrogens is 713 g/mol. The van der Waals surface area contributed by atoms with Gasteiger partial charge in [-0.05, 0) is 57.2 Å². The Morgan fingerprint density at radius 2 is 1.69 bits per heavy atom. The smallest absolute Gasteiger partial charge is 0.315 e. The zero-order valence-corrected chi connectivity index (χ0v) is 36.1. The maximum absolute atomic E-state index is 14.0. The van der Waals surface area contributed by atoms with Gasteiger partial charge >= 0.3 is 6.03 Å². The van der Waals surface area contributed by atoms with E-state index < -0.39 is 46.8 Å². The number of rotatable bonds is 16. The molecule has 0 radical (unpaired) electrons. The number of aldehydes is 1. The first-order valence-electron chi connectivity index (χ1n) is 20.0. The van der Waals surface area contributed by atoms with Gasteiger partial charge in [0, 0.05) is 31.8 Å². The molecule has 1 aromatic rings. The van der Waals surface area contributed by atoms with Crippen molar-refractivity contribution in [1.82, 2.24) is 30.5 Å². The van der Waals surface area contributed by atoms with Crippen LogP contribution in [-0.2, 0) is 24.9 Å². The zero-order valence-electron chi connectivity index (χ0n) is 35.3. The van der Waals surface area contributed by atoms with Gasteiger partial charge in [-0.2, -0.15) is 0 Å². The fourth-order valence-corrected chi connectivity index (χ4v) is 7.22. The molecule has 1 aromatic carbocycles. The van der Waals surface area contributed by atoms with Crippen molar-refractivity contribution in [2.24, 2.45) is 5.41 Å². The van der Waals surface area contributed by atoms with Gasteiger partial charge in [0.1, 0.15) is 12.1 Å². The fraction of sp³-hybridized carbons (Fsp3) is 0.651. The molecule has 4 amide bonds. The highest BCUT2D eigenvalue weighted by molar-refractivity contribution is 7.96. The van der Waals surface area contributed by atoms with Crippen molar-refractivity contribution < 1.29 is 24.0 Å². The van der Waals surface area contributed by atoms with Crippen LogP contribution in [-0.4, -0.2) is 96.5 Å². The van der Waals surface area contributed by atoms with Crippen LogP contribution >= 0.6 is 11.9 Å². The summed E-state index contributed by atoms with van der Waals surface area (Å²) in [4.78, 5) is 65.6. The molecule has 0 spiro atoms. The second kappa shape index (κ2) is 28.7. The number of carbonyl (C=O) groups is 5. The molecular formula is C43H72N6O5S. The van der Waals surface area contributed by atoms with Crippen LogP contribution in [0.25, 0.3) is 0 Å². The average molecular weight is 785 g/mol. The predicted octanol–water partition coefficient (Wildman–Crippen LogP) is 6.67. The lowest BCUT2D eigenvalue weighted by Gasteiger charge is -2.42. The van der Waals surface area contributed by atoms with Crippen molar-refractivity contribution in [3.05, 3.63) is 48.6 Å². The van der Waals surface area contributed by atoms with E-state index in [1.165, 1.54) is 16.9 Å². The monoisotopic (exact) mass is 785 g/mol. The Morgan fingerprint density at radius 3 is 2.20 bits per heavy atom. The molecule has 1 saturated carbocycles. The average Bonchev–Trinajstić information content (AvgIpc) is 3.67. The molecule has 3 atom stereocenters. The number of carbonyl (C=O) groups excluding carboxylic acids is 5. The highest BCUT2D eigenvalue weighted by Gasteiger charge is 2.43. The van der Waals surface area contributed by atoms with Crippen LogP contribution in [0.3, 0.4) is 0 Å². The second-order valence-corrected chi connectivity index (χ2v) is 16.0. The lowest BCUT2D eigenvalue weighted by Crippen LogP contribution is -2.63. The van der Waals surface area contributed by atoms with Gasteiger partial charge in [-0.3, -0.25) is 23.5 Å². The van der Waals surface area contributed by atoms with Crippen LogP contribution < -0.4 is 21.3 Å². The van der Waals surface area contributed by atoms with Gasteiger partial charge in [0.2, 0.25) is 17.6 Å². The molecule has 11 nitrogen and oxygen atoms in total. The van der Waals surface area contributed by atoms with Gasteiger partial charge in [-0.1, -0.05) is 123 Å². The highest BCUT2D eigenvalue weighted by atomic mass is 32.2. The summed E-state index contributed by atoms with van der Waals surface area (Å²) in [5.41, 5.74) is 0.153. The molecule has 4 N–H and O–H groups in total. The van der Waals surface area contributed by atoms with Crippen molar-refractivity contribution >= 4 is 41.9 Å².